The SMILES string of the molecule is C=S1Cc2cc(C(C)(C)C)cc(C)c2OC(C)(C)Oc2c(C)cc(C(C)(C)C)cc2CS(=C)C2CCCCCCC21.C=S1Cc2cc(C(C)(C)C)cc(C)c2OC(C)(C)Oc2c(C)cc(C(C)(C)C)cc2CS(=C)C2CCCCCCC21.C=S1Cc2cc(C(C)(C)C)cc(Oc3c(C)cc(C)cc3C)c2OC(C)(C)Oc2c(cc(C(C)(C)C)cc2Oc2c(C)cc(C)cc2C)CS(=C)C2CCCCCCC21. The Morgan fingerprint density at radius 2 is 0.390 bits per heavy atom. The van der Waals surface area contributed by atoms with Gasteiger partial charge in [-0.25, -0.2) is 0 Å². The summed E-state index contributed by atoms with van der Waals surface area (Å²) in [4.78, 5) is 0. The van der Waals surface area contributed by atoms with Gasteiger partial charge in [0.15, 0.2) is 23.0 Å². The van der Waals surface area contributed by atoms with Crippen molar-refractivity contribution in [3.63, 3.8) is 0 Å². The summed E-state index contributed by atoms with van der Waals surface area (Å²) in [5.41, 5.74) is 26.8. The molecule has 14 heteroatoms. The Hall–Kier alpha value is -6.52. The van der Waals surface area contributed by atoms with Crippen LogP contribution in [-0.4, -0.2) is 84.1 Å². The molecule has 776 valence electrons. The maximum Gasteiger partial charge on any atom is 0.246 e. The van der Waals surface area contributed by atoms with E-state index in [9.17, 15) is 0 Å². The van der Waals surface area contributed by atoms with Gasteiger partial charge in [0.2, 0.25) is 17.4 Å². The highest BCUT2D eigenvalue weighted by atomic mass is 32.2. The quantitative estimate of drug-likeness (QED) is 0.161. The number of rotatable bonds is 4. The third-order valence-electron chi connectivity index (χ3n) is 29.6. The van der Waals surface area contributed by atoms with Crippen LogP contribution in [-0.2, 0) is 67.0 Å². The lowest BCUT2D eigenvalue weighted by Gasteiger charge is -2.34. The van der Waals surface area contributed by atoms with Gasteiger partial charge in [0.1, 0.15) is 34.5 Å². The smallest absolute Gasteiger partial charge is 0.246 e. The van der Waals surface area contributed by atoms with Crippen LogP contribution in [0.4, 0.5) is 0 Å². The first-order valence-electron chi connectivity index (χ1n) is 53.0. The molecule has 8 aromatic carbocycles. The van der Waals surface area contributed by atoms with E-state index in [1.807, 2.05) is 13.8 Å². The summed E-state index contributed by atoms with van der Waals surface area (Å²) in [6.07, 6.45) is 23.0. The maximum atomic E-state index is 7.31. The molecule has 12 atom stereocenters. The first kappa shape index (κ1) is 113. The number of aryl methyl sites for hydroxylation is 10. The molecule has 0 radical (unpaired) electrons. The van der Waals surface area contributed by atoms with Crippen molar-refractivity contribution in [2.45, 2.75) is 467 Å². The molecule has 14 rings (SSSR count). The number of fused-ring (bicyclic) bond motifs is 9. The number of benzene rings is 8. The molecule has 0 spiro atoms. The standard InChI is InChI=1S/C53H72O4S2.2C37H56O2S2/c1-33-23-35(3)47(36(4)24-33)54-43-29-41(51(7,8)9)27-39-31-58(15)45-21-19-17-18-20-22-46(45)59(16)32-40-28-42(52(10,11)12)30-44(50(40)57-53(13,14)56-49(39)43)55-48-37(5)25-34(2)26-38(48)6;2*1-25-19-29(35(3,4)5)21-27-23-40(11)31-17-15-13-14-16-18-32(31)41(12)24-28-22-30(36(6,7)8)20-26(2)34(28)39-37(9,10)38-33(25)27/h23-30,45-46H,15-22,31-32H2,1-14H3;2*19-22,31-32H,11-18,23-24H2,1-10H3. The van der Waals surface area contributed by atoms with E-state index in [1.165, 1.54) is 205 Å². The minimum atomic E-state index is -1.13. The molecular weight excluding hydrogens is 1850 g/mol. The Kier molecular flexibility index (Phi) is 36.3. The van der Waals surface area contributed by atoms with Crippen LogP contribution in [0.25, 0.3) is 0 Å². The molecule has 0 saturated heterocycles. The van der Waals surface area contributed by atoms with Crippen LogP contribution in [0.2, 0.25) is 0 Å². The summed E-state index contributed by atoms with van der Waals surface area (Å²) >= 11 is 0. The van der Waals surface area contributed by atoms with Gasteiger partial charge in [-0.15, -0.1) is 0 Å². The lowest BCUT2D eigenvalue weighted by Crippen LogP contribution is -2.36. The van der Waals surface area contributed by atoms with Gasteiger partial charge in [-0.3, -0.25) is 0 Å². The zero-order chi connectivity index (χ0) is 104. The molecule has 0 amide bonds. The normalized spacial score (nSPS) is 24.0. The second kappa shape index (κ2) is 45.3. The van der Waals surface area contributed by atoms with Crippen LogP contribution in [0, 0.1) is 69.2 Å². The van der Waals surface area contributed by atoms with E-state index in [1.54, 1.807) is 0 Å². The molecule has 0 bridgehead atoms. The van der Waals surface area contributed by atoms with Gasteiger partial charge in [0.05, 0.1) is 0 Å². The van der Waals surface area contributed by atoms with Crippen molar-refractivity contribution in [3.05, 3.63) is 219 Å². The van der Waals surface area contributed by atoms with Crippen molar-refractivity contribution in [3.8, 4) is 57.5 Å². The highest BCUT2D eigenvalue weighted by Crippen LogP contribution is 2.56. The number of ether oxygens (including phenoxy) is 8. The average Bonchev–Trinajstić information content (AvgIpc) is 1.76. The first-order chi connectivity index (χ1) is 65.4. The Morgan fingerprint density at radius 1 is 0.227 bits per heavy atom. The molecule has 3 aliphatic heterocycles. The van der Waals surface area contributed by atoms with Gasteiger partial charge in [-0.05, 0) is 230 Å². The van der Waals surface area contributed by atoms with E-state index in [0.717, 1.165) is 114 Å². The van der Waals surface area contributed by atoms with Crippen molar-refractivity contribution in [2.75, 3.05) is 0 Å². The summed E-state index contributed by atoms with van der Waals surface area (Å²) in [5.74, 6) is 40.9. The van der Waals surface area contributed by atoms with Crippen molar-refractivity contribution >= 4 is 98.1 Å². The van der Waals surface area contributed by atoms with E-state index in [-0.39, 0.29) is 95.4 Å². The summed E-state index contributed by atoms with van der Waals surface area (Å²) in [6.45, 7) is 75.2. The van der Waals surface area contributed by atoms with E-state index in [2.05, 4.69) is 319 Å². The van der Waals surface area contributed by atoms with Crippen molar-refractivity contribution in [1.29, 1.82) is 0 Å². The summed E-state index contributed by atoms with van der Waals surface area (Å²) in [7, 11) is -0.505. The molecule has 0 aromatic heterocycles. The van der Waals surface area contributed by atoms with Crippen LogP contribution < -0.4 is 37.9 Å². The topological polar surface area (TPSA) is 73.8 Å². The second-order valence-electron chi connectivity index (χ2n) is 50.3. The summed E-state index contributed by atoms with van der Waals surface area (Å²) < 4.78 is 56.4. The highest BCUT2D eigenvalue weighted by Gasteiger charge is 2.41. The van der Waals surface area contributed by atoms with Gasteiger partial charge < -0.3 is 37.9 Å². The Labute approximate surface area is 872 Å². The summed E-state index contributed by atoms with van der Waals surface area (Å²) in [6, 6.07) is 36.8. The third kappa shape index (κ3) is 28.9. The molecule has 12 unspecified atom stereocenters. The van der Waals surface area contributed by atoms with E-state index in [4.69, 9.17) is 73.1 Å². The van der Waals surface area contributed by atoms with E-state index >= 15 is 0 Å². The van der Waals surface area contributed by atoms with Crippen LogP contribution in [0.15, 0.2) is 97.1 Å². The average molecular weight is 2030 g/mol. The monoisotopic (exact) mass is 2030 g/mol. The molecule has 3 aliphatic carbocycles. The Bertz CT molecular complexity index is 5380. The fraction of sp³-hybridized carbons (Fsp3) is 0.575. The third-order valence-corrected chi connectivity index (χ3v) is 42.8. The first-order valence-corrected chi connectivity index (χ1v) is 62.7. The zero-order valence-corrected chi connectivity index (χ0v) is 99.0. The predicted octanol–water partition coefficient (Wildman–Crippen LogP) is 36.6. The van der Waals surface area contributed by atoms with Crippen molar-refractivity contribution < 1.29 is 37.9 Å². The molecule has 0 N–H and O–H groups in total. The molecule has 8 aromatic rings. The van der Waals surface area contributed by atoms with Crippen LogP contribution >= 0.6 is 62.9 Å². The Morgan fingerprint density at radius 3 is 0.567 bits per heavy atom. The van der Waals surface area contributed by atoms with Gasteiger partial charge >= 0.3 is 0 Å². The summed E-state index contributed by atoms with van der Waals surface area (Å²) in [5, 5.41) is 3.26. The minimum Gasteiger partial charge on any atom is -0.453 e. The Balaban J connectivity index is 0.000000194. The highest BCUT2D eigenvalue weighted by molar-refractivity contribution is 8.18. The lowest BCUT2D eigenvalue weighted by atomic mass is 9.85. The molecule has 6 aliphatic rings. The van der Waals surface area contributed by atoms with Crippen molar-refractivity contribution in [2.24, 2.45) is 0 Å². The largest absolute Gasteiger partial charge is 0.453 e. The van der Waals surface area contributed by atoms with Gasteiger partial charge in [0.25, 0.3) is 0 Å². The van der Waals surface area contributed by atoms with Crippen LogP contribution in [0.1, 0.15) is 404 Å². The fourth-order valence-corrected chi connectivity index (χ4v) is 35.9. The molecule has 141 heavy (non-hydrogen) atoms. The van der Waals surface area contributed by atoms with Gasteiger partial charge in [-0.1, -0.05) is 333 Å². The second-order valence-corrected chi connectivity index (χ2v) is 62.1. The number of hydrogen-bond acceptors (Lipinski definition) is 8. The molecule has 3 heterocycles. The molecule has 3 saturated carbocycles. The molecule has 8 nitrogen and oxygen atoms in total. The predicted molar refractivity (Wildman–Crippen MR) is 634 cm³/mol. The van der Waals surface area contributed by atoms with E-state index in [0.29, 0.717) is 43.0 Å². The fourth-order valence-electron chi connectivity index (χ4n) is 21.7. The minimum absolute atomic E-state index is 0.0266. The van der Waals surface area contributed by atoms with Crippen molar-refractivity contribution in [1.82, 2.24) is 0 Å². The van der Waals surface area contributed by atoms with E-state index < -0.39 is 17.4 Å². The van der Waals surface area contributed by atoms with Crippen LogP contribution in [0.3, 0.4) is 0 Å². The zero-order valence-electron chi connectivity index (χ0n) is 94.1. The van der Waals surface area contributed by atoms with Gasteiger partial charge in [0, 0.05) is 141 Å². The lowest BCUT2D eigenvalue weighted by molar-refractivity contribution is -0.0841. The molecule has 3 fully saturated rings. The van der Waals surface area contributed by atoms with Gasteiger partial charge in [-0.2, -0.15) is 62.9 Å². The molecular formula is C127H184O8S6. The number of hydrogen-bond donors (Lipinski definition) is 0. The maximum absolute atomic E-state index is 7.31. The van der Waals surface area contributed by atoms with Crippen LogP contribution in [0.5, 0.6) is 57.5 Å².